The number of benzene rings is 1. The van der Waals surface area contributed by atoms with E-state index in [0.29, 0.717) is 6.04 Å². The number of nitrogens with one attached hydrogen (secondary N) is 1. The highest BCUT2D eigenvalue weighted by Gasteiger charge is 2.18. The largest absolute Gasteiger partial charge is 0.314 e. The SMILES string of the molecule is CCNC(Cc1ccc(F)c(Cl)c1)CC1CCCCCC1. The van der Waals surface area contributed by atoms with Gasteiger partial charge < -0.3 is 5.32 Å². The molecule has 3 heteroatoms. The van der Waals surface area contributed by atoms with Crippen LogP contribution in [-0.2, 0) is 6.42 Å². The zero-order chi connectivity index (χ0) is 15.1. The molecule has 1 nitrogen and oxygen atoms in total. The van der Waals surface area contributed by atoms with Gasteiger partial charge in [0.05, 0.1) is 5.02 Å². The molecule has 0 radical (unpaired) electrons. The molecule has 0 saturated heterocycles. The monoisotopic (exact) mass is 311 g/mol. The molecule has 1 aromatic carbocycles. The van der Waals surface area contributed by atoms with Crippen molar-refractivity contribution in [3.63, 3.8) is 0 Å². The first-order valence-corrected chi connectivity index (χ1v) is 8.74. The third-order valence-electron chi connectivity index (χ3n) is 4.55. The summed E-state index contributed by atoms with van der Waals surface area (Å²) in [4.78, 5) is 0. The van der Waals surface area contributed by atoms with Crippen molar-refractivity contribution in [2.45, 2.75) is 64.3 Å². The number of rotatable bonds is 6. The molecule has 118 valence electrons. The lowest BCUT2D eigenvalue weighted by Gasteiger charge is -2.23. The average Bonchev–Trinajstić information content (AvgIpc) is 2.72. The fraction of sp³-hybridized carbons (Fsp3) is 0.667. The van der Waals surface area contributed by atoms with E-state index in [9.17, 15) is 4.39 Å². The topological polar surface area (TPSA) is 12.0 Å². The van der Waals surface area contributed by atoms with Gasteiger partial charge in [-0.2, -0.15) is 0 Å². The number of hydrogen-bond donors (Lipinski definition) is 1. The van der Waals surface area contributed by atoms with Crippen LogP contribution in [0, 0.1) is 11.7 Å². The maximum atomic E-state index is 13.3. The molecule has 1 atom stereocenters. The van der Waals surface area contributed by atoms with Crippen LogP contribution in [0.15, 0.2) is 18.2 Å². The van der Waals surface area contributed by atoms with Gasteiger partial charge in [0.2, 0.25) is 0 Å². The molecule has 1 aliphatic carbocycles. The van der Waals surface area contributed by atoms with Crippen molar-refractivity contribution in [3.05, 3.63) is 34.6 Å². The van der Waals surface area contributed by atoms with Gasteiger partial charge in [-0.1, -0.05) is 63.1 Å². The first-order chi connectivity index (χ1) is 10.2. The Morgan fingerprint density at radius 2 is 1.95 bits per heavy atom. The molecule has 1 aromatic rings. The lowest BCUT2D eigenvalue weighted by Crippen LogP contribution is -2.33. The molecule has 2 rings (SSSR count). The van der Waals surface area contributed by atoms with Gasteiger partial charge in [0.25, 0.3) is 0 Å². The predicted octanol–water partition coefficient (Wildman–Crippen LogP) is 5.36. The number of halogens is 2. The van der Waals surface area contributed by atoms with Gasteiger partial charge in [-0.05, 0) is 43.0 Å². The van der Waals surface area contributed by atoms with Crippen molar-refractivity contribution >= 4 is 11.6 Å². The van der Waals surface area contributed by atoms with E-state index in [1.165, 1.54) is 51.0 Å². The van der Waals surface area contributed by atoms with Gasteiger partial charge in [0.1, 0.15) is 5.82 Å². The summed E-state index contributed by atoms with van der Waals surface area (Å²) in [5.41, 5.74) is 1.13. The summed E-state index contributed by atoms with van der Waals surface area (Å²) in [6.45, 7) is 3.13. The van der Waals surface area contributed by atoms with E-state index >= 15 is 0 Å². The fourth-order valence-electron chi connectivity index (χ4n) is 3.48. The van der Waals surface area contributed by atoms with E-state index in [1.807, 2.05) is 6.07 Å². The number of likely N-dealkylation sites (N-methyl/N-ethyl adjacent to an activating group) is 1. The fourth-order valence-corrected chi connectivity index (χ4v) is 3.68. The Labute approximate surface area is 133 Å². The van der Waals surface area contributed by atoms with Crippen molar-refractivity contribution in [1.82, 2.24) is 5.32 Å². The summed E-state index contributed by atoms with van der Waals surface area (Å²) in [5.74, 6) is 0.511. The Morgan fingerprint density at radius 3 is 2.57 bits per heavy atom. The molecule has 21 heavy (non-hydrogen) atoms. The second-order valence-corrected chi connectivity index (χ2v) is 6.71. The molecule has 1 unspecified atom stereocenters. The summed E-state index contributed by atoms with van der Waals surface area (Å²) in [6.07, 6.45) is 10.5. The van der Waals surface area contributed by atoms with Gasteiger partial charge in [-0.15, -0.1) is 0 Å². The highest BCUT2D eigenvalue weighted by atomic mass is 35.5. The zero-order valence-electron chi connectivity index (χ0n) is 13.0. The van der Waals surface area contributed by atoms with E-state index in [1.54, 1.807) is 6.07 Å². The van der Waals surface area contributed by atoms with E-state index in [2.05, 4.69) is 12.2 Å². The van der Waals surface area contributed by atoms with Crippen LogP contribution in [0.4, 0.5) is 4.39 Å². The van der Waals surface area contributed by atoms with Gasteiger partial charge in [-0.25, -0.2) is 4.39 Å². The first-order valence-electron chi connectivity index (χ1n) is 8.36. The Bertz CT molecular complexity index is 427. The Hall–Kier alpha value is -0.600. The molecule has 1 aliphatic rings. The quantitative estimate of drug-likeness (QED) is 0.697. The van der Waals surface area contributed by atoms with Crippen LogP contribution in [0.3, 0.4) is 0 Å². The van der Waals surface area contributed by atoms with E-state index < -0.39 is 0 Å². The smallest absolute Gasteiger partial charge is 0.141 e. The highest BCUT2D eigenvalue weighted by molar-refractivity contribution is 6.30. The second kappa shape index (κ2) is 8.75. The van der Waals surface area contributed by atoms with Crippen LogP contribution in [0.2, 0.25) is 5.02 Å². The van der Waals surface area contributed by atoms with Crippen LogP contribution < -0.4 is 5.32 Å². The second-order valence-electron chi connectivity index (χ2n) is 6.30. The summed E-state index contributed by atoms with van der Waals surface area (Å²) >= 11 is 5.89. The molecular weight excluding hydrogens is 285 g/mol. The lowest BCUT2D eigenvalue weighted by atomic mass is 9.90. The van der Waals surface area contributed by atoms with Gasteiger partial charge in [0.15, 0.2) is 0 Å². The van der Waals surface area contributed by atoms with Gasteiger partial charge >= 0.3 is 0 Å². The lowest BCUT2D eigenvalue weighted by molar-refractivity contribution is 0.353. The van der Waals surface area contributed by atoms with Gasteiger partial charge in [-0.3, -0.25) is 0 Å². The van der Waals surface area contributed by atoms with Crippen molar-refractivity contribution in [1.29, 1.82) is 0 Å². The predicted molar refractivity (Wildman–Crippen MR) is 88.4 cm³/mol. The Morgan fingerprint density at radius 1 is 1.24 bits per heavy atom. The third kappa shape index (κ3) is 5.60. The maximum absolute atomic E-state index is 13.3. The maximum Gasteiger partial charge on any atom is 0.141 e. The van der Waals surface area contributed by atoms with Crippen LogP contribution in [-0.4, -0.2) is 12.6 Å². The summed E-state index contributed by atoms with van der Waals surface area (Å²) in [6, 6.07) is 5.58. The van der Waals surface area contributed by atoms with E-state index in [-0.39, 0.29) is 10.8 Å². The normalized spacial score (nSPS) is 18.4. The summed E-state index contributed by atoms with van der Waals surface area (Å²) in [5, 5.41) is 3.83. The molecule has 1 N–H and O–H groups in total. The summed E-state index contributed by atoms with van der Waals surface area (Å²) < 4.78 is 13.3. The van der Waals surface area contributed by atoms with Crippen molar-refractivity contribution < 1.29 is 4.39 Å². The van der Waals surface area contributed by atoms with Crippen molar-refractivity contribution in [2.24, 2.45) is 5.92 Å². The van der Waals surface area contributed by atoms with Crippen LogP contribution in [0.25, 0.3) is 0 Å². The van der Waals surface area contributed by atoms with Crippen molar-refractivity contribution in [3.8, 4) is 0 Å². The molecule has 0 heterocycles. The minimum Gasteiger partial charge on any atom is -0.314 e. The van der Waals surface area contributed by atoms with Gasteiger partial charge in [0, 0.05) is 6.04 Å². The van der Waals surface area contributed by atoms with Crippen molar-refractivity contribution in [2.75, 3.05) is 6.54 Å². The third-order valence-corrected chi connectivity index (χ3v) is 4.84. The van der Waals surface area contributed by atoms with E-state index in [0.717, 1.165) is 24.4 Å². The van der Waals surface area contributed by atoms with Crippen LogP contribution in [0.5, 0.6) is 0 Å². The molecule has 0 amide bonds. The molecule has 0 aliphatic heterocycles. The highest BCUT2D eigenvalue weighted by Crippen LogP contribution is 2.27. The standard InChI is InChI=1S/C18H27ClFN/c1-2-21-16(11-14-7-5-3-4-6-8-14)12-15-9-10-18(20)17(19)13-15/h9-10,13-14,16,21H,2-8,11-12H2,1H3. The Kier molecular flexibility index (Phi) is 6.98. The molecule has 0 spiro atoms. The molecule has 1 fully saturated rings. The molecule has 1 saturated carbocycles. The molecular formula is C18H27ClFN. The average molecular weight is 312 g/mol. The minimum absolute atomic E-state index is 0.234. The van der Waals surface area contributed by atoms with Crippen LogP contribution in [0.1, 0.15) is 57.4 Å². The van der Waals surface area contributed by atoms with E-state index in [4.69, 9.17) is 11.6 Å². The summed E-state index contributed by atoms with van der Waals surface area (Å²) in [7, 11) is 0. The Balaban J connectivity index is 1.95. The minimum atomic E-state index is -0.329. The number of hydrogen-bond acceptors (Lipinski definition) is 1. The zero-order valence-corrected chi connectivity index (χ0v) is 13.8. The molecule has 0 aromatic heterocycles. The van der Waals surface area contributed by atoms with Crippen LogP contribution >= 0.6 is 11.6 Å². The first kappa shape index (κ1) is 16.8. The molecule has 0 bridgehead atoms.